The summed E-state index contributed by atoms with van der Waals surface area (Å²) in [7, 11) is 1.37. The zero-order valence-electron chi connectivity index (χ0n) is 9.63. The molecule has 0 radical (unpaired) electrons. The number of rotatable bonds is 2. The van der Waals surface area contributed by atoms with Crippen molar-refractivity contribution >= 4 is 17.0 Å². The summed E-state index contributed by atoms with van der Waals surface area (Å²) >= 11 is 0. The maximum atomic E-state index is 11.1. The Balaban J connectivity index is 2.40. The second-order valence-corrected chi connectivity index (χ2v) is 3.89. The van der Waals surface area contributed by atoms with Crippen LogP contribution in [0, 0.1) is 13.8 Å². The number of esters is 1. The first kappa shape index (κ1) is 10.7. The van der Waals surface area contributed by atoms with Crippen molar-refractivity contribution < 1.29 is 9.53 Å². The van der Waals surface area contributed by atoms with Crippen LogP contribution in [-0.4, -0.2) is 23.0 Å². The Labute approximate surface area is 93.6 Å². The highest BCUT2D eigenvalue weighted by atomic mass is 16.5. The van der Waals surface area contributed by atoms with Crippen molar-refractivity contribution in [3.8, 4) is 0 Å². The van der Waals surface area contributed by atoms with Crippen molar-refractivity contribution in [2.75, 3.05) is 7.11 Å². The van der Waals surface area contributed by atoms with Gasteiger partial charge in [-0.15, -0.1) is 0 Å². The number of ether oxygens (including phenoxy) is 1. The van der Waals surface area contributed by atoms with Crippen LogP contribution < -0.4 is 0 Å². The predicted molar refractivity (Wildman–Crippen MR) is 61.3 cm³/mol. The number of nitrogens with one attached hydrogen (secondary N) is 1. The Morgan fingerprint density at radius 1 is 1.38 bits per heavy atom. The van der Waals surface area contributed by atoms with Gasteiger partial charge in [0.15, 0.2) is 0 Å². The number of benzene rings is 1. The van der Waals surface area contributed by atoms with E-state index < -0.39 is 0 Å². The summed E-state index contributed by atoms with van der Waals surface area (Å²) in [5.41, 5.74) is 4.26. The highest BCUT2D eigenvalue weighted by Crippen LogP contribution is 2.17. The Bertz CT molecular complexity index is 504. The minimum Gasteiger partial charge on any atom is -0.469 e. The van der Waals surface area contributed by atoms with Crippen molar-refractivity contribution in [1.82, 2.24) is 9.97 Å². The molecule has 0 atom stereocenters. The third-order valence-corrected chi connectivity index (χ3v) is 2.69. The van der Waals surface area contributed by atoms with Crippen LogP contribution in [0.3, 0.4) is 0 Å². The monoisotopic (exact) mass is 218 g/mol. The Kier molecular flexibility index (Phi) is 2.64. The third-order valence-electron chi connectivity index (χ3n) is 2.69. The number of hydrogen-bond acceptors (Lipinski definition) is 3. The average Bonchev–Trinajstić information content (AvgIpc) is 2.60. The van der Waals surface area contributed by atoms with Gasteiger partial charge in [-0.2, -0.15) is 0 Å². The quantitative estimate of drug-likeness (QED) is 0.783. The number of nitrogens with zero attached hydrogens (tertiary/aromatic N) is 1. The SMILES string of the molecule is COC(=O)Cc1nc2cc(C)c(C)cc2[nH]1. The molecule has 0 saturated carbocycles. The van der Waals surface area contributed by atoms with Gasteiger partial charge in [0.2, 0.25) is 0 Å². The van der Waals surface area contributed by atoms with Gasteiger partial charge in [-0.25, -0.2) is 4.98 Å². The first-order chi connectivity index (χ1) is 7.60. The molecular weight excluding hydrogens is 204 g/mol. The highest BCUT2D eigenvalue weighted by molar-refractivity contribution is 5.79. The number of H-pyrrole nitrogens is 1. The number of carbonyl (C=O) groups is 1. The summed E-state index contributed by atoms with van der Waals surface area (Å²) in [6.45, 7) is 4.10. The number of carbonyl (C=O) groups excluding carboxylic acids is 1. The topological polar surface area (TPSA) is 55.0 Å². The normalized spacial score (nSPS) is 10.7. The van der Waals surface area contributed by atoms with Crippen molar-refractivity contribution in [3.05, 3.63) is 29.1 Å². The molecule has 1 heterocycles. The van der Waals surface area contributed by atoms with Gasteiger partial charge in [0.1, 0.15) is 12.2 Å². The first-order valence-electron chi connectivity index (χ1n) is 5.13. The van der Waals surface area contributed by atoms with E-state index in [0.29, 0.717) is 5.82 Å². The van der Waals surface area contributed by atoms with Gasteiger partial charge in [0.25, 0.3) is 0 Å². The van der Waals surface area contributed by atoms with Crippen molar-refractivity contribution in [1.29, 1.82) is 0 Å². The van der Waals surface area contributed by atoms with E-state index in [0.717, 1.165) is 11.0 Å². The van der Waals surface area contributed by atoms with Gasteiger partial charge in [-0.3, -0.25) is 4.79 Å². The van der Waals surface area contributed by atoms with E-state index in [1.54, 1.807) is 0 Å². The lowest BCUT2D eigenvalue weighted by Gasteiger charge is -1.97. The van der Waals surface area contributed by atoms with E-state index in [2.05, 4.69) is 21.6 Å². The van der Waals surface area contributed by atoms with E-state index in [1.807, 2.05) is 19.1 Å². The van der Waals surface area contributed by atoms with Gasteiger partial charge in [0.05, 0.1) is 18.1 Å². The molecule has 0 unspecified atom stereocenters. The van der Waals surface area contributed by atoms with Crippen LogP contribution >= 0.6 is 0 Å². The third kappa shape index (κ3) is 1.91. The van der Waals surface area contributed by atoms with E-state index in [1.165, 1.54) is 18.2 Å². The van der Waals surface area contributed by atoms with Crippen LogP contribution in [0.15, 0.2) is 12.1 Å². The molecule has 1 aromatic carbocycles. The molecule has 16 heavy (non-hydrogen) atoms. The number of aryl methyl sites for hydroxylation is 2. The molecule has 84 valence electrons. The molecule has 0 bridgehead atoms. The molecule has 0 amide bonds. The maximum Gasteiger partial charge on any atom is 0.313 e. The number of hydrogen-bond donors (Lipinski definition) is 1. The minimum atomic E-state index is -0.285. The number of aromatic nitrogens is 2. The molecule has 0 spiro atoms. The Morgan fingerprint density at radius 3 is 2.75 bits per heavy atom. The first-order valence-corrected chi connectivity index (χ1v) is 5.13. The molecule has 2 rings (SSSR count). The lowest BCUT2D eigenvalue weighted by Crippen LogP contribution is -2.05. The van der Waals surface area contributed by atoms with E-state index in [9.17, 15) is 4.79 Å². The van der Waals surface area contributed by atoms with E-state index >= 15 is 0 Å². The fourth-order valence-corrected chi connectivity index (χ4v) is 1.61. The van der Waals surface area contributed by atoms with Crippen LogP contribution in [0.2, 0.25) is 0 Å². The molecule has 0 fully saturated rings. The average molecular weight is 218 g/mol. The molecule has 0 saturated heterocycles. The van der Waals surface area contributed by atoms with Crippen LogP contribution in [0.5, 0.6) is 0 Å². The maximum absolute atomic E-state index is 11.1. The fourth-order valence-electron chi connectivity index (χ4n) is 1.61. The number of aromatic amines is 1. The molecule has 0 aliphatic heterocycles. The summed E-state index contributed by atoms with van der Waals surface area (Å²) in [4.78, 5) is 18.6. The second-order valence-electron chi connectivity index (χ2n) is 3.89. The van der Waals surface area contributed by atoms with Gasteiger partial charge in [-0.1, -0.05) is 0 Å². The molecule has 2 aromatic rings. The van der Waals surface area contributed by atoms with Crippen molar-refractivity contribution in [3.63, 3.8) is 0 Å². The smallest absolute Gasteiger partial charge is 0.313 e. The van der Waals surface area contributed by atoms with Gasteiger partial charge < -0.3 is 9.72 Å². The minimum absolute atomic E-state index is 0.184. The van der Waals surface area contributed by atoms with Gasteiger partial charge >= 0.3 is 5.97 Å². The van der Waals surface area contributed by atoms with Crippen molar-refractivity contribution in [2.24, 2.45) is 0 Å². The summed E-state index contributed by atoms with van der Waals surface area (Å²) < 4.78 is 4.60. The largest absolute Gasteiger partial charge is 0.469 e. The molecule has 4 heteroatoms. The van der Waals surface area contributed by atoms with Crippen LogP contribution in [0.1, 0.15) is 17.0 Å². The summed E-state index contributed by atoms with van der Waals surface area (Å²) in [5.74, 6) is 0.361. The molecule has 0 aliphatic rings. The summed E-state index contributed by atoms with van der Waals surface area (Å²) in [5, 5.41) is 0. The number of methoxy groups -OCH3 is 1. The van der Waals surface area contributed by atoms with E-state index in [-0.39, 0.29) is 12.4 Å². The van der Waals surface area contributed by atoms with Crippen LogP contribution in [-0.2, 0) is 16.0 Å². The predicted octanol–water partition coefficient (Wildman–Crippen LogP) is 1.90. The standard InChI is InChI=1S/C12H14N2O2/c1-7-4-9-10(5-8(7)2)14-11(13-9)6-12(15)16-3/h4-5H,6H2,1-3H3,(H,13,14). The van der Waals surface area contributed by atoms with E-state index in [4.69, 9.17) is 0 Å². The molecule has 4 nitrogen and oxygen atoms in total. The lowest BCUT2D eigenvalue weighted by molar-refractivity contribution is -0.139. The summed E-state index contributed by atoms with van der Waals surface area (Å²) in [6.07, 6.45) is 0.184. The molecule has 1 aromatic heterocycles. The van der Waals surface area contributed by atoms with Crippen molar-refractivity contribution in [2.45, 2.75) is 20.3 Å². The molecule has 1 N–H and O–H groups in total. The number of imidazole rings is 1. The van der Waals surface area contributed by atoms with Crippen LogP contribution in [0.4, 0.5) is 0 Å². The second kappa shape index (κ2) is 3.96. The van der Waals surface area contributed by atoms with Gasteiger partial charge in [0, 0.05) is 0 Å². The number of fused-ring (bicyclic) bond motifs is 1. The van der Waals surface area contributed by atoms with Gasteiger partial charge in [-0.05, 0) is 37.1 Å². The zero-order valence-corrected chi connectivity index (χ0v) is 9.63. The molecular formula is C12H14N2O2. The fraction of sp³-hybridized carbons (Fsp3) is 0.333. The lowest BCUT2D eigenvalue weighted by atomic mass is 10.1. The molecule has 0 aliphatic carbocycles. The Hall–Kier alpha value is -1.84. The van der Waals surface area contributed by atoms with Crippen LogP contribution in [0.25, 0.3) is 11.0 Å². The summed E-state index contributed by atoms with van der Waals surface area (Å²) in [6, 6.07) is 4.06. The highest BCUT2D eigenvalue weighted by Gasteiger charge is 2.08. The Morgan fingerprint density at radius 2 is 2.06 bits per heavy atom. The zero-order chi connectivity index (χ0) is 11.7.